The van der Waals surface area contributed by atoms with Gasteiger partial charge in [0.05, 0.1) is 12.7 Å². The van der Waals surface area contributed by atoms with E-state index >= 15 is 0 Å². The first kappa shape index (κ1) is 12.0. The van der Waals surface area contributed by atoms with Crippen LogP contribution in [0.3, 0.4) is 0 Å². The minimum atomic E-state index is 0.254. The van der Waals surface area contributed by atoms with Gasteiger partial charge in [0.2, 0.25) is 0 Å². The van der Waals surface area contributed by atoms with E-state index in [9.17, 15) is 0 Å². The number of hydrogen-bond acceptors (Lipinski definition) is 3. The number of aromatic nitrogens is 1. The van der Waals surface area contributed by atoms with Crippen molar-refractivity contribution in [2.75, 3.05) is 11.9 Å². The van der Waals surface area contributed by atoms with Crippen LogP contribution in [0.1, 0.15) is 32.8 Å². The molecule has 0 unspecified atom stereocenters. The minimum Gasteiger partial charge on any atom is -0.374 e. The number of nitrogens with zero attached hydrogens (tertiary/aromatic N) is 1. The standard InChI is InChI=1S/C12H20N2O/c1-4-7-13-12-11(6-5-8-14-12)9-15-10(2)3/h5-6,8,10H,4,7,9H2,1-3H3,(H,13,14). The molecule has 0 amide bonds. The van der Waals surface area contributed by atoms with Gasteiger partial charge in [-0.2, -0.15) is 0 Å². The van der Waals surface area contributed by atoms with Gasteiger partial charge in [0, 0.05) is 18.3 Å². The average molecular weight is 208 g/mol. The molecule has 0 atom stereocenters. The molecule has 1 rings (SSSR count). The Morgan fingerprint density at radius 2 is 2.27 bits per heavy atom. The van der Waals surface area contributed by atoms with Crippen LogP contribution in [0.5, 0.6) is 0 Å². The smallest absolute Gasteiger partial charge is 0.131 e. The quantitative estimate of drug-likeness (QED) is 0.780. The lowest BCUT2D eigenvalue weighted by molar-refractivity contribution is 0.0659. The molecule has 0 aromatic carbocycles. The Labute approximate surface area is 91.9 Å². The fourth-order valence-corrected chi connectivity index (χ4v) is 1.21. The molecule has 3 heteroatoms. The van der Waals surface area contributed by atoms with Crippen LogP contribution in [-0.4, -0.2) is 17.6 Å². The predicted molar refractivity (Wildman–Crippen MR) is 62.9 cm³/mol. The maximum atomic E-state index is 5.57. The van der Waals surface area contributed by atoms with Crippen molar-refractivity contribution in [3.63, 3.8) is 0 Å². The van der Waals surface area contributed by atoms with Gasteiger partial charge in [0.15, 0.2) is 0 Å². The molecular formula is C12H20N2O. The SMILES string of the molecule is CCCNc1ncccc1COC(C)C. The van der Waals surface area contributed by atoms with Gasteiger partial charge in [-0.05, 0) is 26.3 Å². The largest absolute Gasteiger partial charge is 0.374 e. The highest BCUT2D eigenvalue weighted by Crippen LogP contribution is 2.13. The van der Waals surface area contributed by atoms with Crippen molar-refractivity contribution in [3.05, 3.63) is 23.9 Å². The summed E-state index contributed by atoms with van der Waals surface area (Å²) in [5.41, 5.74) is 1.12. The van der Waals surface area contributed by atoms with Gasteiger partial charge >= 0.3 is 0 Å². The van der Waals surface area contributed by atoms with Crippen molar-refractivity contribution >= 4 is 5.82 Å². The third kappa shape index (κ3) is 4.30. The van der Waals surface area contributed by atoms with E-state index < -0.39 is 0 Å². The molecule has 15 heavy (non-hydrogen) atoms. The van der Waals surface area contributed by atoms with Gasteiger partial charge in [0.25, 0.3) is 0 Å². The Hall–Kier alpha value is -1.09. The van der Waals surface area contributed by atoms with E-state index in [0.29, 0.717) is 6.61 Å². The number of nitrogens with one attached hydrogen (secondary N) is 1. The highest BCUT2D eigenvalue weighted by molar-refractivity contribution is 5.43. The van der Waals surface area contributed by atoms with Gasteiger partial charge in [0.1, 0.15) is 5.82 Å². The topological polar surface area (TPSA) is 34.2 Å². The first-order valence-electron chi connectivity index (χ1n) is 5.53. The molecule has 0 radical (unpaired) electrons. The molecule has 0 saturated carbocycles. The molecule has 0 fully saturated rings. The normalized spacial score (nSPS) is 10.7. The molecule has 0 spiro atoms. The second kappa shape index (κ2) is 6.40. The maximum absolute atomic E-state index is 5.57. The van der Waals surface area contributed by atoms with Crippen LogP contribution in [0.2, 0.25) is 0 Å². The lowest BCUT2D eigenvalue weighted by atomic mass is 10.2. The van der Waals surface area contributed by atoms with Crippen molar-refractivity contribution in [3.8, 4) is 0 Å². The average Bonchev–Trinajstić information content (AvgIpc) is 2.24. The van der Waals surface area contributed by atoms with Crippen molar-refractivity contribution in [1.82, 2.24) is 4.98 Å². The number of pyridine rings is 1. The zero-order valence-electron chi connectivity index (χ0n) is 9.79. The third-order valence-electron chi connectivity index (χ3n) is 2.01. The summed E-state index contributed by atoms with van der Waals surface area (Å²) < 4.78 is 5.57. The summed E-state index contributed by atoms with van der Waals surface area (Å²) in [6.45, 7) is 7.79. The predicted octanol–water partition coefficient (Wildman–Crippen LogP) is 2.83. The molecule has 1 aromatic heterocycles. The fraction of sp³-hybridized carbons (Fsp3) is 0.583. The molecule has 0 bridgehead atoms. The van der Waals surface area contributed by atoms with E-state index in [1.54, 1.807) is 6.20 Å². The van der Waals surface area contributed by atoms with Crippen LogP contribution in [-0.2, 0) is 11.3 Å². The van der Waals surface area contributed by atoms with E-state index in [0.717, 1.165) is 24.3 Å². The molecule has 0 saturated heterocycles. The highest BCUT2D eigenvalue weighted by atomic mass is 16.5. The van der Waals surface area contributed by atoms with Gasteiger partial charge in [-0.25, -0.2) is 4.98 Å². The second-order valence-corrected chi connectivity index (χ2v) is 3.80. The van der Waals surface area contributed by atoms with Crippen molar-refractivity contribution in [2.24, 2.45) is 0 Å². The zero-order chi connectivity index (χ0) is 11.1. The van der Waals surface area contributed by atoms with Crippen molar-refractivity contribution in [1.29, 1.82) is 0 Å². The molecule has 1 aromatic rings. The second-order valence-electron chi connectivity index (χ2n) is 3.80. The molecule has 84 valence electrons. The van der Waals surface area contributed by atoms with Crippen molar-refractivity contribution < 1.29 is 4.74 Å². The first-order chi connectivity index (χ1) is 7.24. The molecule has 3 nitrogen and oxygen atoms in total. The lowest BCUT2D eigenvalue weighted by Crippen LogP contribution is -2.08. The van der Waals surface area contributed by atoms with Gasteiger partial charge in [-0.3, -0.25) is 0 Å². The maximum Gasteiger partial charge on any atom is 0.131 e. The van der Waals surface area contributed by atoms with Crippen LogP contribution in [0.25, 0.3) is 0 Å². The van der Waals surface area contributed by atoms with Crippen LogP contribution < -0.4 is 5.32 Å². The molecular weight excluding hydrogens is 188 g/mol. The van der Waals surface area contributed by atoms with Gasteiger partial charge in [-0.15, -0.1) is 0 Å². The number of hydrogen-bond donors (Lipinski definition) is 1. The Morgan fingerprint density at radius 1 is 1.47 bits per heavy atom. The summed E-state index contributed by atoms with van der Waals surface area (Å²) in [6, 6.07) is 3.99. The van der Waals surface area contributed by atoms with Crippen LogP contribution >= 0.6 is 0 Å². The van der Waals surface area contributed by atoms with Crippen LogP contribution in [0, 0.1) is 0 Å². The Morgan fingerprint density at radius 3 is 2.93 bits per heavy atom. The van der Waals surface area contributed by atoms with E-state index in [2.05, 4.69) is 17.2 Å². The third-order valence-corrected chi connectivity index (χ3v) is 2.01. The van der Waals surface area contributed by atoms with E-state index in [4.69, 9.17) is 4.74 Å². The molecule has 0 aliphatic rings. The summed E-state index contributed by atoms with van der Waals surface area (Å²) in [5, 5.41) is 3.30. The number of ether oxygens (including phenoxy) is 1. The summed E-state index contributed by atoms with van der Waals surface area (Å²) in [7, 11) is 0. The molecule has 1 N–H and O–H groups in total. The zero-order valence-corrected chi connectivity index (χ0v) is 9.79. The van der Waals surface area contributed by atoms with E-state index in [1.165, 1.54) is 0 Å². The Kier molecular flexibility index (Phi) is 5.12. The Bertz CT molecular complexity index is 287. The summed E-state index contributed by atoms with van der Waals surface area (Å²) in [4.78, 5) is 4.30. The van der Waals surface area contributed by atoms with Gasteiger partial charge in [-0.1, -0.05) is 13.0 Å². The fourth-order valence-electron chi connectivity index (χ4n) is 1.21. The summed E-state index contributed by atoms with van der Waals surface area (Å²) in [5.74, 6) is 0.944. The highest BCUT2D eigenvalue weighted by Gasteiger charge is 2.03. The Balaban J connectivity index is 2.59. The summed E-state index contributed by atoms with van der Waals surface area (Å²) in [6.07, 6.45) is 3.15. The monoisotopic (exact) mass is 208 g/mol. The summed E-state index contributed by atoms with van der Waals surface area (Å²) >= 11 is 0. The lowest BCUT2D eigenvalue weighted by Gasteiger charge is -2.12. The molecule has 0 aliphatic heterocycles. The van der Waals surface area contributed by atoms with E-state index in [-0.39, 0.29) is 6.10 Å². The molecule has 1 heterocycles. The minimum absolute atomic E-state index is 0.254. The van der Waals surface area contributed by atoms with Crippen molar-refractivity contribution in [2.45, 2.75) is 39.9 Å². The number of anilines is 1. The molecule has 0 aliphatic carbocycles. The van der Waals surface area contributed by atoms with Gasteiger partial charge < -0.3 is 10.1 Å². The van der Waals surface area contributed by atoms with Crippen LogP contribution in [0.15, 0.2) is 18.3 Å². The van der Waals surface area contributed by atoms with Crippen LogP contribution in [0.4, 0.5) is 5.82 Å². The number of rotatable bonds is 6. The van der Waals surface area contributed by atoms with E-state index in [1.807, 2.05) is 26.0 Å². The first-order valence-corrected chi connectivity index (χ1v) is 5.53.